The van der Waals surface area contributed by atoms with Crippen LogP contribution in [0.5, 0.6) is 0 Å². The first kappa shape index (κ1) is 15.1. The highest BCUT2D eigenvalue weighted by molar-refractivity contribution is 5.14. The van der Waals surface area contributed by atoms with E-state index in [1.165, 1.54) is 5.56 Å². The van der Waals surface area contributed by atoms with Gasteiger partial charge in [0.1, 0.15) is 0 Å². The van der Waals surface area contributed by atoms with Gasteiger partial charge in [0.2, 0.25) is 0 Å². The molecule has 0 amide bonds. The van der Waals surface area contributed by atoms with Gasteiger partial charge in [0.15, 0.2) is 0 Å². The third kappa shape index (κ3) is 6.59. The molecule has 0 aliphatic heterocycles. The van der Waals surface area contributed by atoms with Crippen LogP contribution in [0.1, 0.15) is 32.8 Å². The fourth-order valence-electron chi connectivity index (χ4n) is 1.57. The van der Waals surface area contributed by atoms with Crippen LogP contribution in [-0.2, 0) is 6.54 Å². The molecule has 92 valence electrons. The SMILES string of the molecule is CC.CCCN(CCO)Cc1ccccc1. The summed E-state index contributed by atoms with van der Waals surface area (Å²) in [6.07, 6.45) is 1.13. The van der Waals surface area contributed by atoms with Gasteiger partial charge in [0.25, 0.3) is 0 Å². The van der Waals surface area contributed by atoms with Crippen molar-refractivity contribution in [3.8, 4) is 0 Å². The van der Waals surface area contributed by atoms with Crippen molar-refractivity contribution < 1.29 is 5.11 Å². The van der Waals surface area contributed by atoms with E-state index in [0.717, 1.165) is 26.1 Å². The first-order valence-electron chi connectivity index (χ1n) is 6.24. The molecule has 16 heavy (non-hydrogen) atoms. The summed E-state index contributed by atoms with van der Waals surface area (Å²) in [7, 11) is 0. The van der Waals surface area contributed by atoms with Crippen LogP contribution < -0.4 is 0 Å². The van der Waals surface area contributed by atoms with Crippen molar-refractivity contribution in [1.82, 2.24) is 4.90 Å². The van der Waals surface area contributed by atoms with Crippen molar-refractivity contribution in [1.29, 1.82) is 0 Å². The lowest BCUT2D eigenvalue weighted by Crippen LogP contribution is -2.27. The van der Waals surface area contributed by atoms with E-state index in [1.807, 2.05) is 19.9 Å². The molecule has 0 radical (unpaired) electrons. The summed E-state index contributed by atoms with van der Waals surface area (Å²) in [4.78, 5) is 2.27. The van der Waals surface area contributed by atoms with E-state index in [4.69, 9.17) is 5.11 Å². The molecule has 0 saturated carbocycles. The van der Waals surface area contributed by atoms with E-state index in [2.05, 4.69) is 36.1 Å². The molecule has 0 atom stereocenters. The zero-order chi connectivity index (χ0) is 12.2. The topological polar surface area (TPSA) is 23.5 Å². The molecule has 0 aromatic heterocycles. The lowest BCUT2D eigenvalue weighted by molar-refractivity contribution is 0.190. The second-order valence-electron chi connectivity index (χ2n) is 3.49. The van der Waals surface area contributed by atoms with Crippen molar-refractivity contribution in [3.63, 3.8) is 0 Å². The molecule has 1 rings (SSSR count). The molecule has 1 N–H and O–H groups in total. The normalized spacial score (nSPS) is 9.81. The van der Waals surface area contributed by atoms with Crippen molar-refractivity contribution >= 4 is 0 Å². The summed E-state index contributed by atoms with van der Waals surface area (Å²) in [6.45, 7) is 9.16. The van der Waals surface area contributed by atoms with Crippen LogP contribution in [-0.4, -0.2) is 29.7 Å². The molecule has 0 unspecified atom stereocenters. The first-order chi connectivity index (χ1) is 7.86. The molecular formula is C14H25NO. The van der Waals surface area contributed by atoms with E-state index < -0.39 is 0 Å². The van der Waals surface area contributed by atoms with Gasteiger partial charge < -0.3 is 5.11 Å². The Labute approximate surface area is 99.9 Å². The highest BCUT2D eigenvalue weighted by atomic mass is 16.3. The Morgan fingerprint density at radius 1 is 1.06 bits per heavy atom. The molecule has 0 bridgehead atoms. The molecule has 1 aromatic carbocycles. The van der Waals surface area contributed by atoms with Gasteiger partial charge in [-0.1, -0.05) is 51.1 Å². The van der Waals surface area contributed by atoms with Gasteiger partial charge in [-0.15, -0.1) is 0 Å². The predicted octanol–water partition coefficient (Wildman–Crippen LogP) is 2.92. The van der Waals surface area contributed by atoms with Crippen LogP contribution in [0.3, 0.4) is 0 Å². The Bertz CT molecular complexity index is 230. The fraction of sp³-hybridized carbons (Fsp3) is 0.571. The standard InChI is InChI=1S/C12H19NO.C2H6/c1-2-8-13(9-10-14)11-12-6-4-3-5-7-12;1-2/h3-7,14H,2,8-11H2,1H3;1-2H3. The zero-order valence-corrected chi connectivity index (χ0v) is 10.8. The van der Waals surface area contributed by atoms with Crippen LogP contribution in [0.4, 0.5) is 0 Å². The Morgan fingerprint density at radius 3 is 2.19 bits per heavy atom. The molecule has 0 fully saturated rings. The first-order valence-corrected chi connectivity index (χ1v) is 6.24. The quantitative estimate of drug-likeness (QED) is 0.801. The number of aliphatic hydroxyl groups excluding tert-OH is 1. The van der Waals surface area contributed by atoms with E-state index in [0.29, 0.717) is 0 Å². The van der Waals surface area contributed by atoms with Gasteiger partial charge >= 0.3 is 0 Å². The number of hydrogen-bond acceptors (Lipinski definition) is 2. The summed E-state index contributed by atoms with van der Waals surface area (Å²) in [5.74, 6) is 0. The van der Waals surface area contributed by atoms with E-state index in [1.54, 1.807) is 0 Å². The third-order valence-electron chi connectivity index (χ3n) is 2.21. The maximum absolute atomic E-state index is 8.90. The Balaban J connectivity index is 0.00000106. The minimum atomic E-state index is 0.243. The number of hydrogen-bond donors (Lipinski definition) is 1. The molecule has 0 aliphatic carbocycles. The summed E-state index contributed by atoms with van der Waals surface area (Å²) >= 11 is 0. The molecular weight excluding hydrogens is 198 g/mol. The van der Waals surface area contributed by atoms with Crippen molar-refractivity contribution in [3.05, 3.63) is 35.9 Å². The molecule has 0 spiro atoms. The number of benzene rings is 1. The minimum absolute atomic E-state index is 0.243. The molecule has 0 saturated heterocycles. The lowest BCUT2D eigenvalue weighted by atomic mass is 10.2. The average Bonchev–Trinajstić information content (AvgIpc) is 2.34. The van der Waals surface area contributed by atoms with Crippen LogP contribution in [0.15, 0.2) is 30.3 Å². The smallest absolute Gasteiger partial charge is 0.0558 e. The second kappa shape index (κ2) is 10.7. The molecule has 1 aromatic rings. The van der Waals surface area contributed by atoms with Crippen LogP contribution in [0, 0.1) is 0 Å². The van der Waals surface area contributed by atoms with Gasteiger partial charge in [-0.25, -0.2) is 0 Å². The van der Waals surface area contributed by atoms with Crippen molar-refractivity contribution in [2.24, 2.45) is 0 Å². The minimum Gasteiger partial charge on any atom is -0.395 e. The number of rotatable bonds is 6. The average molecular weight is 223 g/mol. The van der Waals surface area contributed by atoms with Crippen molar-refractivity contribution in [2.75, 3.05) is 19.7 Å². The van der Waals surface area contributed by atoms with Crippen LogP contribution >= 0.6 is 0 Å². The van der Waals surface area contributed by atoms with Crippen LogP contribution in [0.25, 0.3) is 0 Å². The van der Waals surface area contributed by atoms with E-state index >= 15 is 0 Å². The molecule has 2 nitrogen and oxygen atoms in total. The number of aliphatic hydroxyl groups is 1. The summed E-state index contributed by atoms with van der Waals surface area (Å²) in [5.41, 5.74) is 1.31. The summed E-state index contributed by atoms with van der Waals surface area (Å²) in [6, 6.07) is 10.4. The second-order valence-corrected chi connectivity index (χ2v) is 3.49. The lowest BCUT2D eigenvalue weighted by Gasteiger charge is -2.20. The van der Waals surface area contributed by atoms with E-state index in [-0.39, 0.29) is 6.61 Å². The number of nitrogens with zero attached hydrogens (tertiary/aromatic N) is 1. The highest BCUT2D eigenvalue weighted by Crippen LogP contribution is 2.04. The van der Waals surface area contributed by atoms with Gasteiger partial charge in [-0.2, -0.15) is 0 Å². The fourth-order valence-corrected chi connectivity index (χ4v) is 1.57. The maximum Gasteiger partial charge on any atom is 0.0558 e. The Kier molecular flexibility index (Phi) is 10.1. The maximum atomic E-state index is 8.90. The van der Waals surface area contributed by atoms with Gasteiger partial charge in [0.05, 0.1) is 6.61 Å². The van der Waals surface area contributed by atoms with Gasteiger partial charge in [-0.05, 0) is 18.5 Å². The summed E-state index contributed by atoms with van der Waals surface area (Å²) in [5, 5.41) is 8.90. The van der Waals surface area contributed by atoms with Crippen molar-refractivity contribution in [2.45, 2.75) is 33.7 Å². The van der Waals surface area contributed by atoms with Crippen LogP contribution in [0.2, 0.25) is 0 Å². The Morgan fingerprint density at radius 2 is 1.69 bits per heavy atom. The molecule has 0 heterocycles. The Hall–Kier alpha value is -0.860. The largest absolute Gasteiger partial charge is 0.395 e. The zero-order valence-electron chi connectivity index (χ0n) is 10.8. The molecule has 0 aliphatic rings. The van der Waals surface area contributed by atoms with Gasteiger partial charge in [0, 0.05) is 13.1 Å². The highest BCUT2D eigenvalue weighted by Gasteiger charge is 2.02. The predicted molar refractivity (Wildman–Crippen MR) is 70.4 cm³/mol. The third-order valence-corrected chi connectivity index (χ3v) is 2.21. The summed E-state index contributed by atoms with van der Waals surface area (Å²) < 4.78 is 0. The molecule has 2 heteroatoms. The monoisotopic (exact) mass is 223 g/mol. The van der Waals surface area contributed by atoms with E-state index in [9.17, 15) is 0 Å². The van der Waals surface area contributed by atoms with Gasteiger partial charge in [-0.3, -0.25) is 4.90 Å².